The quantitative estimate of drug-likeness (QED) is 0.731. The summed E-state index contributed by atoms with van der Waals surface area (Å²) < 4.78 is 2.04. The number of nitrogens with zero attached hydrogens (tertiary/aromatic N) is 3. The molecular formula is C14H12N3O2+. The minimum atomic E-state index is -0.142. The van der Waals surface area contributed by atoms with E-state index >= 15 is 0 Å². The number of aromatic nitrogens is 2. The average molecular weight is 254 g/mol. The first-order valence-corrected chi connectivity index (χ1v) is 5.89. The van der Waals surface area contributed by atoms with Crippen LogP contribution in [0.4, 0.5) is 5.69 Å². The van der Waals surface area contributed by atoms with Crippen LogP contribution in [-0.4, -0.2) is 19.7 Å². The topological polar surface area (TPSA) is 58.1 Å². The summed E-state index contributed by atoms with van der Waals surface area (Å²) in [4.78, 5) is 14.9. The number of hydrogen-bond donors (Lipinski definition) is 1. The monoisotopic (exact) mass is 254 g/mol. The van der Waals surface area contributed by atoms with Gasteiger partial charge in [-0.05, 0) is 17.7 Å². The lowest BCUT2D eigenvalue weighted by Gasteiger charge is -2.03. The molecule has 0 unspecified atom stereocenters. The van der Waals surface area contributed by atoms with E-state index in [0.717, 1.165) is 16.6 Å². The van der Waals surface area contributed by atoms with Gasteiger partial charge in [0, 0.05) is 18.7 Å². The van der Waals surface area contributed by atoms with Crippen molar-refractivity contribution < 1.29 is 10.1 Å². The summed E-state index contributed by atoms with van der Waals surface area (Å²) in [5, 5.41) is 8.78. The Labute approximate surface area is 109 Å². The molecule has 0 atom stereocenters. The van der Waals surface area contributed by atoms with Crippen molar-refractivity contribution in [2.75, 3.05) is 0 Å². The summed E-state index contributed by atoms with van der Waals surface area (Å²) in [6, 6.07) is 14.7. The second-order valence-electron chi connectivity index (χ2n) is 4.30. The zero-order valence-corrected chi connectivity index (χ0v) is 10.1. The Morgan fingerprint density at radius 2 is 1.84 bits per heavy atom. The second kappa shape index (κ2) is 4.53. The van der Waals surface area contributed by atoms with Gasteiger partial charge in [-0.2, -0.15) is 0 Å². The highest BCUT2D eigenvalue weighted by Crippen LogP contribution is 2.16. The summed E-state index contributed by atoms with van der Waals surface area (Å²) in [6.07, 6.45) is 1.80. The predicted molar refractivity (Wildman–Crippen MR) is 70.4 cm³/mol. The SMILES string of the molecule is O=[N+](O)c1ccc(Cn2cnc3ccccc32)cc1. The van der Waals surface area contributed by atoms with E-state index in [4.69, 9.17) is 5.21 Å². The van der Waals surface area contributed by atoms with Gasteiger partial charge < -0.3 is 4.57 Å². The molecular weight excluding hydrogens is 242 g/mol. The number of hydrogen-bond acceptors (Lipinski definition) is 2. The third-order valence-electron chi connectivity index (χ3n) is 3.04. The van der Waals surface area contributed by atoms with Gasteiger partial charge in [0.1, 0.15) is 0 Å². The maximum atomic E-state index is 10.7. The molecule has 5 nitrogen and oxygen atoms in total. The molecule has 19 heavy (non-hydrogen) atoms. The minimum absolute atomic E-state index is 0.142. The van der Waals surface area contributed by atoms with Crippen LogP contribution >= 0.6 is 0 Å². The zero-order chi connectivity index (χ0) is 13.2. The van der Waals surface area contributed by atoms with Crippen LogP contribution in [-0.2, 0) is 6.54 Å². The lowest BCUT2D eigenvalue weighted by atomic mass is 10.2. The van der Waals surface area contributed by atoms with E-state index in [1.165, 1.54) is 0 Å². The number of para-hydroxylation sites is 2. The Kier molecular flexibility index (Phi) is 2.72. The summed E-state index contributed by atoms with van der Waals surface area (Å²) in [6.45, 7) is 0.672. The van der Waals surface area contributed by atoms with Crippen LogP contribution in [0, 0.1) is 4.91 Å². The molecule has 0 saturated carbocycles. The number of benzene rings is 2. The van der Waals surface area contributed by atoms with Crippen LogP contribution in [0.5, 0.6) is 0 Å². The van der Waals surface area contributed by atoms with E-state index < -0.39 is 0 Å². The highest BCUT2D eigenvalue weighted by atomic mass is 16.6. The van der Waals surface area contributed by atoms with Crippen LogP contribution in [0.25, 0.3) is 11.0 Å². The van der Waals surface area contributed by atoms with Crippen molar-refractivity contribution in [3.8, 4) is 0 Å². The Bertz CT molecular complexity index is 732. The fourth-order valence-corrected chi connectivity index (χ4v) is 2.06. The van der Waals surface area contributed by atoms with Gasteiger partial charge in [-0.3, -0.25) is 0 Å². The maximum absolute atomic E-state index is 10.7. The van der Waals surface area contributed by atoms with Gasteiger partial charge in [0.25, 0.3) is 4.92 Å². The molecule has 3 rings (SSSR count). The standard InChI is InChI=1S/C14H12N3O2/c18-17(19)12-7-5-11(6-8-12)9-16-10-15-13-3-1-2-4-14(13)16/h1-8,10H,9H2,(H,18,19)/q+1. The van der Waals surface area contributed by atoms with E-state index in [2.05, 4.69) is 4.98 Å². The molecule has 1 aromatic heterocycles. The molecule has 0 aliphatic rings. The van der Waals surface area contributed by atoms with Crippen molar-refractivity contribution in [2.45, 2.75) is 6.54 Å². The minimum Gasteiger partial charge on any atom is -0.326 e. The highest BCUT2D eigenvalue weighted by Gasteiger charge is 2.10. The zero-order valence-electron chi connectivity index (χ0n) is 10.1. The lowest BCUT2D eigenvalue weighted by Crippen LogP contribution is -1.98. The molecule has 3 aromatic rings. The first kappa shape index (κ1) is 11.4. The van der Waals surface area contributed by atoms with Crippen LogP contribution in [0.15, 0.2) is 54.9 Å². The maximum Gasteiger partial charge on any atom is 0.316 e. The van der Waals surface area contributed by atoms with Gasteiger partial charge in [0.2, 0.25) is 0 Å². The van der Waals surface area contributed by atoms with E-state index in [1.54, 1.807) is 18.5 Å². The molecule has 0 bridgehead atoms. The van der Waals surface area contributed by atoms with E-state index in [0.29, 0.717) is 6.54 Å². The van der Waals surface area contributed by atoms with Crippen molar-refractivity contribution in [1.82, 2.24) is 9.55 Å². The van der Waals surface area contributed by atoms with Gasteiger partial charge in [0.05, 0.1) is 22.3 Å². The fourth-order valence-electron chi connectivity index (χ4n) is 2.06. The van der Waals surface area contributed by atoms with Crippen LogP contribution in [0.3, 0.4) is 0 Å². The fraction of sp³-hybridized carbons (Fsp3) is 0.0714. The molecule has 0 radical (unpaired) electrons. The lowest BCUT2D eigenvalue weighted by molar-refractivity contribution is -0.729. The van der Waals surface area contributed by atoms with Crippen LogP contribution < -0.4 is 0 Å². The van der Waals surface area contributed by atoms with Crippen molar-refractivity contribution in [1.29, 1.82) is 0 Å². The first-order valence-electron chi connectivity index (χ1n) is 5.89. The van der Waals surface area contributed by atoms with Crippen molar-refractivity contribution in [3.05, 3.63) is 65.3 Å². The summed E-state index contributed by atoms with van der Waals surface area (Å²) in [5.41, 5.74) is 3.28. The first-order chi connectivity index (χ1) is 9.24. The third-order valence-corrected chi connectivity index (χ3v) is 3.04. The normalized spacial score (nSPS) is 10.7. The van der Waals surface area contributed by atoms with Crippen LogP contribution in [0.1, 0.15) is 5.56 Å². The smallest absolute Gasteiger partial charge is 0.316 e. The van der Waals surface area contributed by atoms with Crippen molar-refractivity contribution >= 4 is 16.7 Å². The second-order valence-corrected chi connectivity index (χ2v) is 4.30. The number of rotatable bonds is 3. The van der Waals surface area contributed by atoms with E-state index in [1.807, 2.05) is 41.0 Å². The van der Waals surface area contributed by atoms with Gasteiger partial charge >= 0.3 is 5.69 Å². The van der Waals surface area contributed by atoms with Gasteiger partial charge in [-0.15, -0.1) is 0 Å². The molecule has 0 amide bonds. The molecule has 1 N–H and O–H groups in total. The largest absolute Gasteiger partial charge is 0.326 e. The van der Waals surface area contributed by atoms with E-state index in [9.17, 15) is 4.91 Å². The Hall–Kier alpha value is -2.69. The van der Waals surface area contributed by atoms with E-state index in [-0.39, 0.29) is 10.6 Å². The molecule has 1 heterocycles. The molecule has 0 aliphatic carbocycles. The summed E-state index contributed by atoms with van der Waals surface area (Å²) >= 11 is 0. The van der Waals surface area contributed by atoms with Gasteiger partial charge in [-0.25, -0.2) is 10.2 Å². The third kappa shape index (κ3) is 2.18. The van der Waals surface area contributed by atoms with Crippen molar-refractivity contribution in [2.24, 2.45) is 0 Å². The molecule has 0 fully saturated rings. The Morgan fingerprint density at radius 3 is 2.58 bits per heavy atom. The summed E-state index contributed by atoms with van der Waals surface area (Å²) in [7, 11) is 0. The number of fused-ring (bicyclic) bond motifs is 1. The molecule has 0 spiro atoms. The molecule has 5 heteroatoms. The van der Waals surface area contributed by atoms with Crippen LogP contribution in [0.2, 0.25) is 0 Å². The Balaban J connectivity index is 1.90. The van der Waals surface area contributed by atoms with Crippen molar-refractivity contribution in [3.63, 3.8) is 0 Å². The summed E-state index contributed by atoms with van der Waals surface area (Å²) in [5.74, 6) is 0. The molecule has 94 valence electrons. The Morgan fingerprint density at radius 1 is 1.11 bits per heavy atom. The predicted octanol–water partition coefficient (Wildman–Crippen LogP) is 2.88. The number of imidazole rings is 1. The average Bonchev–Trinajstić information content (AvgIpc) is 2.83. The van der Waals surface area contributed by atoms with Gasteiger partial charge in [0.15, 0.2) is 0 Å². The molecule has 0 aliphatic heterocycles. The molecule has 2 aromatic carbocycles. The highest BCUT2D eigenvalue weighted by molar-refractivity contribution is 5.75. The molecule has 0 saturated heterocycles. The van der Waals surface area contributed by atoms with Gasteiger partial charge in [-0.1, -0.05) is 24.3 Å².